The fourth-order valence-corrected chi connectivity index (χ4v) is 9.21. The third kappa shape index (κ3) is 15.5. The molecule has 0 saturated heterocycles. The van der Waals surface area contributed by atoms with Crippen LogP contribution in [0.5, 0.6) is 0 Å². The molecule has 0 nitrogen and oxygen atoms in total. The quantitative estimate of drug-likeness (QED) is 0.0423. The fourth-order valence-electron chi connectivity index (χ4n) is 9.21. The summed E-state index contributed by atoms with van der Waals surface area (Å²) in [5.74, 6) is 0.497. The molecule has 0 radical (unpaired) electrons. The highest BCUT2D eigenvalue weighted by Gasteiger charge is 2.18. The maximum atomic E-state index is 2.63. The summed E-state index contributed by atoms with van der Waals surface area (Å²) in [6, 6.07) is 42.6. The van der Waals surface area contributed by atoms with E-state index in [0.717, 1.165) is 6.42 Å². The van der Waals surface area contributed by atoms with E-state index in [-0.39, 0.29) is 0 Å². The molecule has 0 saturated carbocycles. The number of benzene rings is 5. The maximum Gasteiger partial charge on any atom is -0.0146 e. The first-order chi connectivity index (χ1) is 29.5. The summed E-state index contributed by atoms with van der Waals surface area (Å²) in [7, 11) is 0. The summed E-state index contributed by atoms with van der Waals surface area (Å²) in [4.78, 5) is 0. The van der Waals surface area contributed by atoms with Crippen molar-refractivity contribution in [2.24, 2.45) is 0 Å². The van der Waals surface area contributed by atoms with Crippen LogP contribution in [-0.4, -0.2) is 0 Å². The lowest BCUT2D eigenvalue weighted by atomic mass is 9.82. The highest BCUT2D eigenvalue weighted by Crippen LogP contribution is 2.40. The molecule has 0 spiro atoms. The lowest BCUT2D eigenvalue weighted by Crippen LogP contribution is -2.02. The van der Waals surface area contributed by atoms with E-state index in [9.17, 15) is 0 Å². The number of hydrogen-bond acceptors (Lipinski definition) is 0. The molecule has 0 heteroatoms. The van der Waals surface area contributed by atoms with Gasteiger partial charge in [-0.25, -0.2) is 0 Å². The van der Waals surface area contributed by atoms with Gasteiger partial charge in [0.1, 0.15) is 0 Å². The van der Waals surface area contributed by atoms with E-state index < -0.39 is 0 Å². The van der Waals surface area contributed by atoms with Gasteiger partial charge < -0.3 is 0 Å². The molecule has 5 aromatic carbocycles. The molecule has 5 rings (SSSR count). The Bertz CT molecular complexity index is 1870. The van der Waals surface area contributed by atoms with Gasteiger partial charge in [0, 0.05) is 0 Å². The van der Waals surface area contributed by atoms with Crippen molar-refractivity contribution in [2.75, 3.05) is 0 Å². The predicted octanol–water partition coefficient (Wildman–Crippen LogP) is 19.5. The molecule has 322 valence electrons. The number of hydrogen-bond donors (Lipinski definition) is 0. The monoisotopic (exact) mass is 803 g/mol. The molecule has 1 unspecified atom stereocenters. The van der Waals surface area contributed by atoms with Gasteiger partial charge in [0.25, 0.3) is 0 Å². The number of aryl methyl sites for hydroxylation is 3. The largest absolute Gasteiger partial charge is 0.0654 e. The van der Waals surface area contributed by atoms with Gasteiger partial charge in [-0.3, -0.25) is 0 Å². The van der Waals surface area contributed by atoms with Crippen LogP contribution < -0.4 is 0 Å². The molecule has 0 aromatic heterocycles. The van der Waals surface area contributed by atoms with Gasteiger partial charge in [-0.05, 0) is 112 Å². The van der Waals surface area contributed by atoms with Crippen molar-refractivity contribution in [3.05, 3.63) is 131 Å². The third-order valence-corrected chi connectivity index (χ3v) is 13.2. The molecule has 5 aromatic rings. The molecule has 0 fully saturated rings. The minimum Gasteiger partial charge on any atom is -0.0654 e. The Labute approximate surface area is 369 Å². The van der Waals surface area contributed by atoms with Crippen LogP contribution in [0.1, 0.15) is 197 Å². The van der Waals surface area contributed by atoms with Crippen LogP contribution in [0.2, 0.25) is 0 Å². The summed E-state index contributed by atoms with van der Waals surface area (Å²) in [6.07, 6.45) is 32.0. The van der Waals surface area contributed by atoms with E-state index in [1.54, 1.807) is 0 Å². The smallest absolute Gasteiger partial charge is 0.0146 e. The van der Waals surface area contributed by atoms with Crippen LogP contribution >= 0.6 is 0 Å². The summed E-state index contributed by atoms with van der Waals surface area (Å²) < 4.78 is 0. The van der Waals surface area contributed by atoms with E-state index in [1.807, 2.05) is 0 Å². The first-order valence-corrected chi connectivity index (χ1v) is 25.0. The van der Waals surface area contributed by atoms with Crippen molar-refractivity contribution in [1.29, 1.82) is 0 Å². The van der Waals surface area contributed by atoms with Gasteiger partial charge in [-0.15, -0.1) is 0 Å². The SMILES string of the molecule is CCCCCCCCCCCCc1cc(-c2ccc(-c3ccc(CCCCC)cc3)cc2)c(C(C)CCCCCCCCCC)cc1-c1ccc(-c2ccc(C)cc2)cc1. The average molecular weight is 803 g/mol. The van der Waals surface area contributed by atoms with Crippen LogP contribution in [0, 0.1) is 6.92 Å². The van der Waals surface area contributed by atoms with Gasteiger partial charge in [0.15, 0.2) is 0 Å². The molecule has 0 aliphatic rings. The number of rotatable bonds is 29. The first-order valence-electron chi connectivity index (χ1n) is 25.0. The second kappa shape index (κ2) is 27.1. The fraction of sp³-hybridized carbons (Fsp3) is 0.500. The minimum absolute atomic E-state index is 0.497. The van der Waals surface area contributed by atoms with Gasteiger partial charge in [0.2, 0.25) is 0 Å². The van der Waals surface area contributed by atoms with Crippen LogP contribution in [0.3, 0.4) is 0 Å². The summed E-state index contributed by atoms with van der Waals surface area (Å²) in [6.45, 7) is 11.6. The minimum atomic E-state index is 0.497. The van der Waals surface area contributed by atoms with Crippen molar-refractivity contribution >= 4 is 0 Å². The Morgan fingerprint density at radius 3 is 1.22 bits per heavy atom. The predicted molar refractivity (Wildman–Crippen MR) is 267 cm³/mol. The second-order valence-electron chi connectivity index (χ2n) is 18.4. The average Bonchev–Trinajstić information content (AvgIpc) is 3.28. The molecular weight excluding hydrogens is 721 g/mol. The van der Waals surface area contributed by atoms with Gasteiger partial charge in [-0.2, -0.15) is 0 Å². The summed E-state index contributed by atoms with van der Waals surface area (Å²) in [5, 5.41) is 0. The van der Waals surface area contributed by atoms with Crippen molar-refractivity contribution < 1.29 is 0 Å². The molecule has 0 bridgehead atoms. The topological polar surface area (TPSA) is 0 Å². The second-order valence-corrected chi connectivity index (χ2v) is 18.4. The highest BCUT2D eigenvalue weighted by atomic mass is 14.2. The van der Waals surface area contributed by atoms with Gasteiger partial charge in [-0.1, -0.05) is 258 Å². The molecule has 60 heavy (non-hydrogen) atoms. The lowest BCUT2D eigenvalue weighted by Gasteiger charge is -2.22. The van der Waals surface area contributed by atoms with E-state index in [2.05, 4.69) is 144 Å². The lowest BCUT2D eigenvalue weighted by molar-refractivity contribution is 0.544. The Morgan fingerprint density at radius 2 is 0.717 bits per heavy atom. The van der Waals surface area contributed by atoms with E-state index in [1.165, 1.54) is 214 Å². The van der Waals surface area contributed by atoms with Crippen molar-refractivity contribution in [3.8, 4) is 44.5 Å². The van der Waals surface area contributed by atoms with Crippen molar-refractivity contribution in [1.82, 2.24) is 0 Å². The normalized spacial score (nSPS) is 11.9. The van der Waals surface area contributed by atoms with Crippen LogP contribution in [0.15, 0.2) is 109 Å². The molecule has 0 N–H and O–H groups in total. The van der Waals surface area contributed by atoms with E-state index >= 15 is 0 Å². The van der Waals surface area contributed by atoms with Crippen LogP contribution in [-0.2, 0) is 12.8 Å². The van der Waals surface area contributed by atoms with Crippen molar-refractivity contribution in [3.63, 3.8) is 0 Å². The molecule has 0 amide bonds. The standard InChI is InChI=1S/C60H82/c1-6-9-12-14-16-18-19-21-23-26-29-57-46-60(56-44-40-54(41-45-56)52-36-32-50(33-37-52)28-24-11-8-3)58(49(5)27-25-22-20-17-15-13-10-7-2)47-59(57)55-42-38-53(39-43-55)51-34-30-48(4)31-35-51/h30-47,49H,6-29H2,1-5H3. The Kier molecular flexibility index (Phi) is 21.3. The molecule has 0 aliphatic heterocycles. The van der Waals surface area contributed by atoms with E-state index in [4.69, 9.17) is 0 Å². The molecule has 0 heterocycles. The zero-order chi connectivity index (χ0) is 42.2. The zero-order valence-electron chi connectivity index (χ0n) is 38.9. The first kappa shape index (κ1) is 47.2. The molecule has 1 atom stereocenters. The van der Waals surface area contributed by atoms with Gasteiger partial charge in [0.05, 0.1) is 0 Å². The molecular formula is C60H82. The highest BCUT2D eigenvalue weighted by molar-refractivity contribution is 5.80. The van der Waals surface area contributed by atoms with Crippen LogP contribution in [0.25, 0.3) is 44.5 Å². The summed E-state index contributed by atoms with van der Waals surface area (Å²) >= 11 is 0. The van der Waals surface area contributed by atoms with Crippen LogP contribution in [0.4, 0.5) is 0 Å². The summed E-state index contributed by atoms with van der Waals surface area (Å²) in [5.41, 5.74) is 16.6. The Balaban J connectivity index is 1.42. The third-order valence-electron chi connectivity index (χ3n) is 13.2. The zero-order valence-corrected chi connectivity index (χ0v) is 38.9. The Morgan fingerprint density at radius 1 is 0.350 bits per heavy atom. The number of unbranched alkanes of at least 4 members (excludes halogenated alkanes) is 18. The van der Waals surface area contributed by atoms with Gasteiger partial charge >= 0.3 is 0 Å². The molecule has 0 aliphatic carbocycles. The van der Waals surface area contributed by atoms with E-state index in [0.29, 0.717) is 5.92 Å². The Hall–Kier alpha value is -3.90. The maximum absolute atomic E-state index is 2.63. The van der Waals surface area contributed by atoms with Crippen molar-refractivity contribution in [2.45, 2.75) is 195 Å².